The highest BCUT2D eigenvalue weighted by molar-refractivity contribution is 7.02. The Labute approximate surface area is 349 Å². The number of hydrogen-bond acceptors (Lipinski definition) is 0. The van der Waals surface area contributed by atoms with E-state index in [4.69, 9.17) is 0 Å². The minimum atomic E-state index is 0.0172. The summed E-state index contributed by atoms with van der Waals surface area (Å²) in [6, 6.07) is 37.9. The fourth-order valence-electron chi connectivity index (χ4n) is 11.2. The van der Waals surface area contributed by atoms with Crippen LogP contribution in [0.25, 0.3) is 77.7 Å². The molecule has 0 atom stereocenters. The molecular formula is C42H38B12N4. The van der Waals surface area contributed by atoms with Crippen LogP contribution in [0.1, 0.15) is 11.1 Å². The van der Waals surface area contributed by atoms with Crippen molar-refractivity contribution in [3.05, 3.63) is 108 Å². The molecule has 0 amide bonds. The van der Waals surface area contributed by atoms with E-state index >= 15 is 0 Å². The van der Waals surface area contributed by atoms with E-state index in [0.29, 0.717) is 0 Å². The van der Waals surface area contributed by atoms with Crippen molar-refractivity contribution in [2.24, 2.45) is 0 Å². The number of imidazole rings is 2. The fraction of sp³-hybridized carbons (Fsp3) is 0.0476. The number of benzene rings is 6. The number of nitrogens with zero attached hydrogens (tertiary/aromatic N) is 4. The van der Waals surface area contributed by atoms with Gasteiger partial charge in [0.25, 0.3) is 6.71 Å². The van der Waals surface area contributed by atoms with Crippen LogP contribution in [0.3, 0.4) is 0 Å². The third kappa shape index (κ3) is 4.12. The van der Waals surface area contributed by atoms with E-state index in [1.807, 2.05) is 0 Å². The average molecular weight is 729 g/mol. The van der Waals surface area contributed by atoms with E-state index in [1.165, 1.54) is 132 Å². The van der Waals surface area contributed by atoms with E-state index in [1.54, 1.807) is 0 Å². The van der Waals surface area contributed by atoms with Gasteiger partial charge in [-0.1, -0.05) is 80.8 Å². The van der Waals surface area contributed by atoms with E-state index in [9.17, 15) is 0 Å². The lowest BCUT2D eigenvalue weighted by atomic mass is 9.34. The fourth-order valence-corrected chi connectivity index (χ4v) is 11.2. The lowest BCUT2D eigenvalue weighted by Crippen LogP contribution is -2.59. The highest BCUT2D eigenvalue weighted by atomic mass is 15.2. The lowest BCUT2D eigenvalue weighted by molar-refractivity contribution is 1.12. The molecule has 0 spiro atoms. The lowest BCUT2D eigenvalue weighted by Gasteiger charge is -2.33. The zero-order valence-electron chi connectivity index (χ0n) is 35.6. The van der Waals surface area contributed by atoms with Crippen LogP contribution in [0.4, 0.5) is 0 Å². The standard InChI is InChI=1S/C42H38B12N4/c43-31-30(32(44)34(46)35(47)33(31)45)17-13-28-38-29(14-17)58-25-8-4-2-6-23(25)56-27-16-19(42(51,52)53)10-12-21(27)37(40(56)58)54(38)36-20-11-9-18(41(48,49)50)15-26(20)55-22-5-1-3-7-24(22)57(28)39(36)55/h1-16H,43-53H2. The molecule has 0 unspecified atom stereocenters. The van der Waals surface area contributed by atoms with Crippen molar-refractivity contribution in [1.29, 1.82) is 0 Å². The Morgan fingerprint density at radius 2 is 0.810 bits per heavy atom. The van der Waals surface area contributed by atoms with E-state index in [2.05, 4.69) is 201 Å². The van der Waals surface area contributed by atoms with Crippen molar-refractivity contribution in [3.8, 4) is 22.5 Å². The Bertz CT molecular complexity index is 3340. The van der Waals surface area contributed by atoms with Crippen LogP contribution in [0.2, 0.25) is 0 Å². The minimum Gasteiger partial charge on any atom is -0.295 e. The van der Waals surface area contributed by atoms with Crippen LogP contribution in [-0.2, 0) is 10.2 Å². The molecule has 4 nitrogen and oxygen atoms in total. The molecule has 0 N–H and O–H groups in total. The average Bonchev–Trinajstić information content (AvgIpc) is 3.92. The van der Waals surface area contributed by atoms with Gasteiger partial charge in [0.1, 0.15) is 50.5 Å². The highest BCUT2D eigenvalue weighted by Crippen LogP contribution is 2.41. The Balaban J connectivity index is 1.36. The zero-order valence-corrected chi connectivity index (χ0v) is 35.6. The molecule has 2 aliphatic heterocycles. The van der Waals surface area contributed by atoms with Gasteiger partial charge in [0.15, 0.2) is 0 Å². The molecule has 10 aromatic rings. The summed E-state index contributed by atoms with van der Waals surface area (Å²) in [5, 5.41) is 2.72. The summed E-state index contributed by atoms with van der Waals surface area (Å²) in [4.78, 5) is 0. The van der Waals surface area contributed by atoms with Gasteiger partial charge in [-0.2, -0.15) is 0 Å². The number of fused-ring (bicyclic) bond motifs is 16. The summed E-state index contributed by atoms with van der Waals surface area (Å²) in [7, 11) is 25.6. The first kappa shape index (κ1) is 34.8. The number of hydrogen-bond donors (Lipinski definition) is 0. The molecule has 262 valence electrons. The number of para-hydroxylation sites is 4. The summed E-state index contributed by atoms with van der Waals surface area (Å²) in [6.45, 7) is 0.0253. The molecule has 6 heterocycles. The van der Waals surface area contributed by atoms with Crippen molar-refractivity contribution in [2.45, 2.75) is 10.2 Å². The van der Waals surface area contributed by atoms with Crippen molar-refractivity contribution >= 4 is 192 Å². The molecule has 16 heteroatoms. The molecule has 0 radical (unpaired) electrons. The molecule has 2 aliphatic rings. The second-order valence-electron chi connectivity index (χ2n) is 19.6. The van der Waals surface area contributed by atoms with Gasteiger partial charge >= 0.3 is 0 Å². The summed E-state index contributed by atoms with van der Waals surface area (Å²) in [5.74, 6) is 0. The van der Waals surface area contributed by atoms with Crippen LogP contribution in [0.5, 0.6) is 0 Å². The Morgan fingerprint density at radius 1 is 0.414 bits per heavy atom. The van der Waals surface area contributed by atoms with Crippen LogP contribution in [0, 0.1) is 0 Å². The van der Waals surface area contributed by atoms with Crippen LogP contribution in [-0.4, -0.2) is 111 Å². The minimum absolute atomic E-state index is 0.0172. The molecule has 0 bridgehead atoms. The molecule has 12 rings (SSSR count). The van der Waals surface area contributed by atoms with Gasteiger partial charge in [-0.15, -0.1) is 16.4 Å². The van der Waals surface area contributed by atoms with Crippen molar-refractivity contribution < 1.29 is 0 Å². The molecule has 0 saturated carbocycles. The summed E-state index contributed by atoms with van der Waals surface area (Å²) in [6.07, 6.45) is 0. The molecule has 6 aromatic carbocycles. The topological polar surface area (TPSA) is 18.7 Å². The van der Waals surface area contributed by atoms with Crippen LogP contribution >= 0.6 is 0 Å². The van der Waals surface area contributed by atoms with Gasteiger partial charge in [0.2, 0.25) is 0 Å². The zero-order chi connectivity index (χ0) is 40.1. The first-order valence-corrected chi connectivity index (χ1v) is 21.1. The van der Waals surface area contributed by atoms with Crippen LogP contribution in [0.15, 0.2) is 97.1 Å². The predicted molar refractivity (Wildman–Crippen MR) is 283 cm³/mol. The van der Waals surface area contributed by atoms with Gasteiger partial charge in [-0.25, -0.2) is 0 Å². The Hall–Kier alpha value is -5.22. The van der Waals surface area contributed by atoms with Gasteiger partial charge < -0.3 is 0 Å². The van der Waals surface area contributed by atoms with Crippen molar-refractivity contribution in [3.63, 3.8) is 0 Å². The second-order valence-corrected chi connectivity index (χ2v) is 19.6. The number of rotatable bonds is 3. The van der Waals surface area contributed by atoms with Gasteiger partial charge in [-0.05, 0) is 86.8 Å². The Morgan fingerprint density at radius 3 is 1.22 bits per heavy atom. The molecule has 4 aromatic heterocycles. The largest absolute Gasteiger partial charge is 0.295 e. The van der Waals surface area contributed by atoms with Gasteiger partial charge in [-0.3, -0.25) is 17.9 Å². The first-order valence-electron chi connectivity index (χ1n) is 21.1. The van der Waals surface area contributed by atoms with E-state index in [0.717, 1.165) is 0 Å². The van der Waals surface area contributed by atoms with Gasteiger partial charge in [0, 0.05) is 11.4 Å². The molecule has 0 aliphatic carbocycles. The number of aromatic nitrogens is 4. The van der Waals surface area contributed by atoms with E-state index in [-0.39, 0.29) is 16.9 Å². The molecular weight excluding hydrogens is 690 g/mol. The second kappa shape index (κ2) is 11.1. The maximum Gasteiger partial charge on any atom is 0.258 e. The maximum atomic E-state index is 2.63. The summed E-state index contributed by atoms with van der Waals surface area (Å²) >= 11 is 0. The summed E-state index contributed by atoms with van der Waals surface area (Å²) in [5.41, 5.74) is 29.2. The smallest absolute Gasteiger partial charge is 0.258 e. The first-order chi connectivity index (χ1) is 27.7. The highest BCUT2D eigenvalue weighted by Gasteiger charge is 2.45. The Kier molecular flexibility index (Phi) is 6.64. The molecule has 58 heavy (non-hydrogen) atoms. The van der Waals surface area contributed by atoms with E-state index < -0.39 is 0 Å². The quantitative estimate of drug-likeness (QED) is 0.161. The normalized spacial score (nSPS) is 13.6. The third-order valence-electron chi connectivity index (χ3n) is 14.6. The third-order valence-corrected chi connectivity index (χ3v) is 14.6. The summed E-state index contributed by atoms with van der Waals surface area (Å²) < 4.78 is 10.4. The predicted octanol–water partition coefficient (Wildman–Crippen LogP) is -7.49. The molecule has 0 fully saturated rings. The monoisotopic (exact) mass is 730 g/mol. The van der Waals surface area contributed by atoms with Gasteiger partial charge in [0.05, 0.1) is 80.2 Å². The maximum absolute atomic E-state index is 2.63. The molecule has 0 saturated heterocycles. The van der Waals surface area contributed by atoms with Crippen molar-refractivity contribution in [2.75, 3.05) is 0 Å². The van der Waals surface area contributed by atoms with Crippen molar-refractivity contribution in [1.82, 2.24) is 17.9 Å². The SMILES string of the molecule is Bc1c(B)c(B)c(-c2cc3c4c(c2)-n2c5ccccc5n5c6cc(C(B)(B)B)ccc6c(c25)B4c2c4ccc(C(B)(B)B)cc4n4c5ccccc5n-3c24)c(B)c1B. The van der Waals surface area contributed by atoms with Crippen LogP contribution < -0.4 is 43.7 Å².